The molecule has 4 rings (SSSR count). The van der Waals surface area contributed by atoms with E-state index in [2.05, 4.69) is 10.4 Å². The maximum Gasteiger partial charge on any atom is 0.432 e. The number of H-pyrrole nitrogens is 1. The van der Waals surface area contributed by atoms with E-state index in [0.29, 0.717) is 5.56 Å². The van der Waals surface area contributed by atoms with Gasteiger partial charge >= 0.3 is 6.18 Å². The van der Waals surface area contributed by atoms with Crippen molar-refractivity contribution >= 4 is 5.91 Å². The van der Waals surface area contributed by atoms with Crippen molar-refractivity contribution in [2.24, 2.45) is 0 Å². The van der Waals surface area contributed by atoms with E-state index in [1.807, 2.05) is 47.6 Å². The van der Waals surface area contributed by atoms with Crippen molar-refractivity contribution in [3.05, 3.63) is 88.7 Å². The van der Waals surface area contributed by atoms with Crippen LogP contribution in [0.5, 0.6) is 0 Å². The Bertz CT molecular complexity index is 1100. The first kappa shape index (κ1) is 24.0. The van der Waals surface area contributed by atoms with E-state index in [9.17, 15) is 23.1 Å². The van der Waals surface area contributed by atoms with Crippen LogP contribution in [0.25, 0.3) is 0 Å². The van der Waals surface area contributed by atoms with Gasteiger partial charge in [0.1, 0.15) is 5.69 Å². The highest BCUT2D eigenvalue weighted by molar-refractivity contribution is 5.94. The Balaban J connectivity index is 1.30. The van der Waals surface area contributed by atoms with E-state index in [1.165, 1.54) is 11.9 Å². The minimum absolute atomic E-state index is 0.00167. The average Bonchev–Trinajstić information content (AvgIpc) is 3.49. The van der Waals surface area contributed by atoms with Crippen LogP contribution in [0.4, 0.5) is 13.2 Å². The van der Waals surface area contributed by atoms with Crippen molar-refractivity contribution in [2.45, 2.75) is 50.2 Å². The van der Waals surface area contributed by atoms with Gasteiger partial charge in [0.15, 0.2) is 0 Å². The molecule has 180 valence electrons. The molecule has 2 aromatic carbocycles. The van der Waals surface area contributed by atoms with Crippen molar-refractivity contribution in [2.75, 3.05) is 7.05 Å². The number of rotatable bonds is 7. The van der Waals surface area contributed by atoms with Gasteiger partial charge in [-0.3, -0.25) is 9.89 Å². The zero-order chi connectivity index (χ0) is 24.3. The largest absolute Gasteiger partial charge is 0.432 e. The van der Waals surface area contributed by atoms with Gasteiger partial charge in [-0.2, -0.15) is 18.3 Å². The van der Waals surface area contributed by atoms with Gasteiger partial charge in [-0.25, -0.2) is 0 Å². The minimum Gasteiger partial charge on any atom is -0.387 e. The molecule has 6 nitrogen and oxygen atoms in total. The lowest BCUT2D eigenvalue weighted by Gasteiger charge is -2.20. The van der Waals surface area contributed by atoms with Gasteiger partial charge in [0, 0.05) is 24.7 Å². The average molecular weight is 473 g/mol. The Kier molecular flexibility index (Phi) is 7.04. The molecule has 0 radical (unpaired) electrons. The minimum atomic E-state index is -4.50. The lowest BCUT2D eigenvalue weighted by atomic mass is 10.0. The number of alkyl halides is 3. The molecule has 1 aliphatic heterocycles. The summed E-state index contributed by atoms with van der Waals surface area (Å²) in [5.74, 6) is -0.298. The highest BCUT2D eigenvalue weighted by atomic mass is 19.4. The zero-order valence-corrected chi connectivity index (χ0v) is 18.7. The van der Waals surface area contributed by atoms with Crippen LogP contribution < -0.4 is 5.32 Å². The Labute approximate surface area is 195 Å². The summed E-state index contributed by atoms with van der Waals surface area (Å²) in [6.45, 7) is -0.0374. The van der Waals surface area contributed by atoms with E-state index in [-0.39, 0.29) is 30.2 Å². The van der Waals surface area contributed by atoms with Crippen LogP contribution in [0.2, 0.25) is 0 Å². The number of aliphatic hydroxyl groups is 1. The summed E-state index contributed by atoms with van der Waals surface area (Å²) in [6, 6.07) is 18.0. The molecule has 0 bridgehead atoms. The van der Waals surface area contributed by atoms with Gasteiger partial charge < -0.3 is 15.3 Å². The van der Waals surface area contributed by atoms with Crippen LogP contribution in [-0.4, -0.2) is 45.2 Å². The van der Waals surface area contributed by atoms with Crippen molar-refractivity contribution in [1.29, 1.82) is 0 Å². The summed E-state index contributed by atoms with van der Waals surface area (Å²) in [7, 11) is 1.53. The van der Waals surface area contributed by atoms with Crippen molar-refractivity contribution in [3.8, 4) is 0 Å². The number of nitrogens with one attached hydrogen (secondary N) is 2. The van der Waals surface area contributed by atoms with Crippen LogP contribution in [0.3, 0.4) is 0 Å². The maximum absolute atomic E-state index is 12.7. The molecule has 1 amide bonds. The summed E-state index contributed by atoms with van der Waals surface area (Å²) in [5, 5.41) is 19.8. The van der Waals surface area contributed by atoms with Crippen molar-refractivity contribution in [1.82, 2.24) is 20.4 Å². The lowest BCUT2D eigenvalue weighted by Crippen LogP contribution is -2.35. The van der Waals surface area contributed by atoms with E-state index < -0.39 is 18.0 Å². The first-order valence-electron chi connectivity index (χ1n) is 11.2. The summed E-state index contributed by atoms with van der Waals surface area (Å²) < 4.78 is 38.1. The van der Waals surface area contributed by atoms with E-state index >= 15 is 0 Å². The second-order valence-electron chi connectivity index (χ2n) is 8.74. The third kappa shape index (κ3) is 5.66. The first-order chi connectivity index (χ1) is 16.2. The molecule has 3 atom stereocenters. The summed E-state index contributed by atoms with van der Waals surface area (Å²) in [4.78, 5) is 14.0. The molecule has 2 heterocycles. The van der Waals surface area contributed by atoms with Gasteiger partial charge in [-0.05, 0) is 48.6 Å². The number of aromatic amines is 1. The summed E-state index contributed by atoms with van der Waals surface area (Å²) in [5.41, 5.74) is 1.62. The van der Waals surface area contributed by atoms with Crippen LogP contribution in [0.1, 0.15) is 51.8 Å². The Hall–Kier alpha value is -3.17. The van der Waals surface area contributed by atoms with E-state index in [0.717, 1.165) is 36.5 Å². The van der Waals surface area contributed by atoms with Gasteiger partial charge in [0.2, 0.25) is 0 Å². The zero-order valence-electron chi connectivity index (χ0n) is 18.7. The van der Waals surface area contributed by atoms with Gasteiger partial charge in [-0.15, -0.1) is 0 Å². The SMILES string of the molecule is CN(Cc1cc(C(F)(F)F)[nH]n1)C(=O)c1ccc(C[C@@H]2CC[C@H]([C@H](O)c3ccccc3)N2)cc1. The topological polar surface area (TPSA) is 81.2 Å². The number of aromatic nitrogens is 2. The number of nitrogens with zero attached hydrogens (tertiary/aromatic N) is 2. The van der Waals surface area contributed by atoms with Gasteiger partial charge in [0.05, 0.1) is 18.3 Å². The number of aliphatic hydroxyl groups excluding tert-OH is 1. The molecule has 9 heteroatoms. The molecule has 0 spiro atoms. The molecular formula is C25H27F3N4O2. The van der Waals surface area contributed by atoms with Crippen molar-refractivity contribution in [3.63, 3.8) is 0 Å². The Morgan fingerprint density at radius 2 is 1.85 bits per heavy atom. The third-order valence-electron chi connectivity index (χ3n) is 6.16. The smallest absolute Gasteiger partial charge is 0.387 e. The Morgan fingerprint density at radius 3 is 2.50 bits per heavy atom. The van der Waals surface area contributed by atoms with E-state index in [4.69, 9.17) is 0 Å². The monoisotopic (exact) mass is 472 g/mol. The quantitative estimate of drug-likeness (QED) is 0.484. The van der Waals surface area contributed by atoms with E-state index in [1.54, 1.807) is 12.1 Å². The third-order valence-corrected chi connectivity index (χ3v) is 6.16. The van der Waals surface area contributed by atoms with Crippen LogP contribution in [-0.2, 0) is 19.1 Å². The fraction of sp³-hybridized carbons (Fsp3) is 0.360. The second-order valence-corrected chi connectivity index (χ2v) is 8.74. The molecule has 34 heavy (non-hydrogen) atoms. The van der Waals surface area contributed by atoms with Gasteiger partial charge in [0.25, 0.3) is 5.91 Å². The number of benzene rings is 2. The highest BCUT2D eigenvalue weighted by Crippen LogP contribution is 2.28. The number of hydrogen-bond acceptors (Lipinski definition) is 4. The fourth-order valence-electron chi connectivity index (χ4n) is 4.34. The highest BCUT2D eigenvalue weighted by Gasteiger charge is 2.33. The summed E-state index contributed by atoms with van der Waals surface area (Å²) in [6.07, 6.45) is -2.45. The second kappa shape index (κ2) is 9.99. The standard InChI is InChI=1S/C25H27F3N4O2/c1-32(15-20-14-22(31-30-20)25(26,27)28)24(34)18-9-7-16(8-10-18)13-19-11-12-21(29-19)23(33)17-5-3-2-4-6-17/h2-10,14,19,21,23,29,33H,11-13,15H2,1H3,(H,30,31)/t19-,21+,23+/m0/s1. The molecule has 0 unspecified atom stereocenters. The lowest BCUT2D eigenvalue weighted by molar-refractivity contribution is -0.141. The van der Waals surface area contributed by atoms with Crippen LogP contribution >= 0.6 is 0 Å². The molecular weight excluding hydrogens is 445 g/mol. The van der Waals surface area contributed by atoms with Gasteiger partial charge in [-0.1, -0.05) is 42.5 Å². The van der Waals surface area contributed by atoms with Crippen LogP contribution in [0, 0.1) is 0 Å². The molecule has 1 aliphatic rings. The summed E-state index contributed by atoms with van der Waals surface area (Å²) >= 11 is 0. The Morgan fingerprint density at radius 1 is 1.15 bits per heavy atom. The molecule has 0 aliphatic carbocycles. The fourth-order valence-corrected chi connectivity index (χ4v) is 4.34. The number of carbonyl (C=O) groups is 1. The van der Waals surface area contributed by atoms with Crippen LogP contribution in [0.15, 0.2) is 60.7 Å². The number of carbonyl (C=O) groups excluding carboxylic acids is 1. The predicted molar refractivity (Wildman–Crippen MR) is 121 cm³/mol. The molecule has 3 N–H and O–H groups in total. The predicted octanol–water partition coefficient (Wildman–Crippen LogP) is 4.10. The normalized spacial score (nSPS) is 19.2. The maximum atomic E-state index is 12.7. The number of hydrogen-bond donors (Lipinski definition) is 3. The molecule has 1 aromatic heterocycles. The molecule has 0 saturated carbocycles. The van der Waals surface area contributed by atoms with Crippen molar-refractivity contribution < 1.29 is 23.1 Å². The molecule has 1 saturated heterocycles. The number of amides is 1. The first-order valence-corrected chi connectivity index (χ1v) is 11.2. The number of halogens is 3. The molecule has 3 aromatic rings. The molecule has 1 fully saturated rings.